The van der Waals surface area contributed by atoms with Crippen LogP contribution >= 0.6 is 0 Å². The van der Waals surface area contributed by atoms with Gasteiger partial charge in [-0.3, -0.25) is 4.90 Å². The largest absolute Gasteiger partial charge is 0.329 e. The highest BCUT2D eigenvalue weighted by atomic mass is 15.2. The summed E-state index contributed by atoms with van der Waals surface area (Å²) in [5, 5.41) is 0. The summed E-state index contributed by atoms with van der Waals surface area (Å²) in [5.41, 5.74) is 7.61. The molecule has 2 aliphatic rings. The molecule has 0 bridgehead atoms. The summed E-state index contributed by atoms with van der Waals surface area (Å²) in [5.74, 6) is 1.55. The van der Waals surface area contributed by atoms with E-state index >= 15 is 0 Å². The van der Waals surface area contributed by atoms with Crippen molar-refractivity contribution in [3.63, 3.8) is 0 Å². The number of likely N-dealkylation sites (tertiary alicyclic amines) is 1. The Kier molecular flexibility index (Phi) is 4.97. The van der Waals surface area contributed by atoms with E-state index in [0.717, 1.165) is 24.4 Å². The molecule has 3 rings (SSSR count). The monoisotopic (exact) mass is 286 g/mol. The second kappa shape index (κ2) is 6.93. The number of nitrogens with two attached hydrogens (primary N) is 1. The first-order chi connectivity index (χ1) is 10.3. The molecule has 2 atom stereocenters. The maximum Gasteiger partial charge on any atom is 0.0246 e. The molecule has 1 aliphatic heterocycles. The van der Waals surface area contributed by atoms with Gasteiger partial charge >= 0.3 is 0 Å². The first kappa shape index (κ1) is 15.1. The van der Waals surface area contributed by atoms with Crippen LogP contribution in [-0.4, -0.2) is 30.1 Å². The number of rotatable bonds is 3. The van der Waals surface area contributed by atoms with Crippen molar-refractivity contribution in [3.05, 3.63) is 35.9 Å². The van der Waals surface area contributed by atoms with Crippen LogP contribution in [0.1, 0.15) is 56.9 Å². The molecule has 1 saturated heterocycles. The Hall–Kier alpha value is -0.860. The van der Waals surface area contributed by atoms with Crippen molar-refractivity contribution in [3.8, 4) is 0 Å². The lowest BCUT2D eigenvalue weighted by atomic mass is 9.79. The van der Waals surface area contributed by atoms with Crippen molar-refractivity contribution in [1.29, 1.82) is 0 Å². The van der Waals surface area contributed by atoms with Gasteiger partial charge in [0.2, 0.25) is 0 Å². The molecular formula is C19H30N2. The van der Waals surface area contributed by atoms with Gasteiger partial charge in [0.15, 0.2) is 0 Å². The van der Waals surface area contributed by atoms with Crippen LogP contribution in [0, 0.1) is 5.92 Å². The number of benzene rings is 1. The lowest BCUT2D eigenvalue weighted by Crippen LogP contribution is -2.53. The number of hydrogen-bond donors (Lipinski definition) is 1. The van der Waals surface area contributed by atoms with Gasteiger partial charge in [0.05, 0.1) is 0 Å². The highest BCUT2D eigenvalue weighted by Crippen LogP contribution is 2.37. The molecule has 1 saturated carbocycles. The minimum atomic E-state index is 0.622. The molecule has 21 heavy (non-hydrogen) atoms. The molecule has 1 aromatic carbocycles. The molecule has 1 heterocycles. The summed E-state index contributed by atoms with van der Waals surface area (Å²) in [6, 6.07) is 12.5. The van der Waals surface area contributed by atoms with Crippen LogP contribution < -0.4 is 5.73 Å². The Morgan fingerprint density at radius 1 is 1.05 bits per heavy atom. The van der Waals surface area contributed by atoms with Gasteiger partial charge in [0.25, 0.3) is 0 Å². The number of hydrogen-bond acceptors (Lipinski definition) is 2. The Labute approximate surface area is 129 Å². The molecule has 2 nitrogen and oxygen atoms in total. The fraction of sp³-hybridized carbons (Fsp3) is 0.684. The van der Waals surface area contributed by atoms with Crippen LogP contribution in [0.5, 0.6) is 0 Å². The van der Waals surface area contributed by atoms with E-state index in [2.05, 4.69) is 42.2 Å². The Balaban J connectivity index is 1.60. The average molecular weight is 286 g/mol. The zero-order valence-electron chi connectivity index (χ0n) is 13.4. The Morgan fingerprint density at radius 2 is 1.76 bits per heavy atom. The minimum Gasteiger partial charge on any atom is -0.329 e. The van der Waals surface area contributed by atoms with E-state index in [1.165, 1.54) is 45.1 Å². The normalized spacial score (nSPS) is 34.8. The van der Waals surface area contributed by atoms with Gasteiger partial charge in [0, 0.05) is 18.6 Å². The van der Waals surface area contributed by atoms with Crippen LogP contribution in [0.2, 0.25) is 0 Å². The van der Waals surface area contributed by atoms with E-state index < -0.39 is 0 Å². The third-order valence-corrected chi connectivity index (χ3v) is 5.84. The summed E-state index contributed by atoms with van der Waals surface area (Å²) in [4.78, 5) is 2.76. The van der Waals surface area contributed by atoms with Gasteiger partial charge in [-0.2, -0.15) is 0 Å². The molecule has 2 N–H and O–H groups in total. The van der Waals surface area contributed by atoms with Crippen LogP contribution in [0.4, 0.5) is 0 Å². The lowest BCUT2D eigenvalue weighted by molar-refractivity contribution is 0.0426. The lowest BCUT2D eigenvalue weighted by Gasteiger charge is -2.46. The topological polar surface area (TPSA) is 29.3 Å². The van der Waals surface area contributed by atoms with Crippen LogP contribution in [0.15, 0.2) is 30.3 Å². The smallest absolute Gasteiger partial charge is 0.0246 e. The highest BCUT2D eigenvalue weighted by molar-refractivity contribution is 5.20. The molecule has 0 radical (unpaired) electrons. The van der Waals surface area contributed by atoms with Gasteiger partial charge in [-0.25, -0.2) is 0 Å². The van der Waals surface area contributed by atoms with E-state index in [0.29, 0.717) is 6.04 Å². The van der Waals surface area contributed by atoms with Crippen molar-refractivity contribution in [2.75, 3.05) is 13.1 Å². The number of nitrogens with zero attached hydrogens (tertiary/aromatic N) is 1. The zero-order valence-corrected chi connectivity index (χ0v) is 13.4. The molecule has 116 valence electrons. The summed E-state index contributed by atoms with van der Waals surface area (Å²) < 4.78 is 0. The molecule has 0 spiro atoms. The van der Waals surface area contributed by atoms with E-state index in [9.17, 15) is 0 Å². The molecule has 2 fully saturated rings. The first-order valence-electron chi connectivity index (χ1n) is 8.80. The Morgan fingerprint density at radius 3 is 2.43 bits per heavy atom. The van der Waals surface area contributed by atoms with Gasteiger partial charge < -0.3 is 5.73 Å². The molecule has 0 aromatic heterocycles. The quantitative estimate of drug-likeness (QED) is 0.916. The summed E-state index contributed by atoms with van der Waals surface area (Å²) >= 11 is 0. The van der Waals surface area contributed by atoms with Crippen molar-refractivity contribution in [1.82, 2.24) is 4.90 Å². The molecule has 1 aliphatic carbocycles. The molecule has 2 unspecified atom stereocenters. The van der Waals surface area contributed by atoms with Crippen molar-refractivity contribution in [2.24, 2.45) is 11.7 Å². The summed E-state index contributed by atoms with van der Waals surface area (Å²) in [7, 11) is 0. The zero-order chi connectivity index (χ0) is 14.7. The maximum absolute atomic E-state index is 6.07. The van der Waals surface area contributed by atoms with Crippen molar-refractivity contribution < 1.29 is 0 Å². The second-order valence-electron chi connectivity index (χ2n) is 7.08. The van der Waals surface area contributed by atoms with Crippen LogP contribution in [-0.2, 0) is 0 Å². The van der Waals surface area contributed by atoms with E-state index in [1.54, 1.807) is 5.56 Å². The number of piperidine rings is 1. The molecule has 1 aromatic rings. The van der Waals surface area contributed by atoms with Crippen LogP contribution in [0.3, 0.4) is 0 Å². The summed E-state index contributed by atoms with van der Waals surface area (Å²) in [6.07, 6.45) is 8.10. The highest BCUT2D eigenvalue weighted by Gasteiger charge is 2.34. The third-order valence-electron chi connectivity index (χ3n) is 5.84. The fourth-order valence-corrected chi connectivity index (χ4v) is 4.57. The predicted octanol–water partition coefficient (Wildman–Crippen LogP) is 3.77. The first-order valence-corrected chi connectivity index (χ1v) is 8.80. The molecule has 0 amide bonds. The third kappa shape index (κ3) is 3.32. The van der Waals surface area contributed by atoms with Gasteiger partial charge in [-0.05, 0) is 62.5 Å². The Bertz CT molecular complexity index is 422. The van der Waals surface area contributed by atoms with Gasteiger partial charge in [-0.15, -0.1) is 0 Å². The second-order valence-corrected chi connectivity index (χ2v) is 7.08. The summed E-state index contributed by atoms with van der Waals surface area (Å²) in [6.45, 7) is 4.49. The van der Waals surface area contributed by atoms with E-state index in [-0.39, 0.29) is 0 Å². The molecular weight excluding hydrogens is 256 g/mol. The standard InChI is InChI=1S/C19H30N2/c1-15-6-5-13-21(19(15)14-20)18-11-9-17(10-12-18)16-7-3-2-4-8-16/h2-4,7-8,15,17-19H,5-6,9-14,20H2,1H3. The van der Waals surface area contributed by atoms with Gasteiger partial charge in [0.1, 0.15) is 0 Å². The maximum atomic E-state index is 6.07. The SMILES string of the molecule is CC1CCCN(C2CCC(c3ccccc3)CC2)C1CN. The molecule has 2 heteroatoms. The fourth-order valence-electron chi connectivity index (χ4n) is 4.57. The minimum absolute atomic E-state index is 0.622. The van der Waals surface area contributed by atoms with Crippen LogP contribution in [0.25, 0.3) is 0 Å². The van der Waals surface area contributed by atoms with Crippen molar-refractivity contribution >= 4 is 0 Å². The predicted molar refractivity (Wildman–Crippen MR) is 89.4 cm³/mol. The van der Waals surface area contributed by atoms with Gasteiger partial charge in [-0.1, -0.05) is 37.3 Å². The van der Waals surface area contributed by atoms with Crippen molar-refractivity contribution in [2.45, 2.75) is 63.5 Å². The van der Waals surface area contributed by atoms with E-state index in [4.69, 9.17) is 5.73 Å². The van der Waals surface area contributed by atoms with E-state index in [1.807, 2.05) is 0 Å². The average Bonchev–Trinajstić information content (AvgIpc) is 2.55.